The zero-order valence-corrected chi connectivity index (χ0v) is 11.2. The molecule has 0 aromatic heterocycles. The molecule has 1 aromatic rings. The van der Waals surface area contributed by atoms with Gasteiger partial charge in [-0.05, 0) is 51.5 Å². The minimum absolute atomic E-state index is 0.187. The number of halogens is 1. The molecule has 0 fully saturated rings. The Balaban J connectivity index is 2.43. The molecule has 0 saturated heterocycles. The molecule has 18 heavy (non-hydrogen) atoms. The SMILES string of the molecule is Cc1cc(C(=O)OCCOC(C)(C)C)ccc1F. The molecular formula is C14H19FO3. The summed E-state index contributed by atoms with van der Waals surface area (Å²) < 4.78 is 23.5. The second-order valence-electron chi connectivity index (χ2n) is 5.06. The van der Waals surface area contributed by atoms with Crippen LogP contribution in [-0.4, -0.2) is 24.8 Å². The Morgan fingerprint density at radius 2 is 1.94 bits per heavy atom. The number of esters is 1. The highest BCUT2D eigenvalue weighted by atomic mass is 19.1. The maximum absolute atomic E-state index is 13.0. The number of hydrogen-bond donors (Lipinski definition) is 0. The summed E-state index contributed by atoms with van der Waals surface area (Å²) in [5.74, 6) is -0.793. The summed E-state index contributed by atoms with van der Waals surface area (Å²) in [6, 6.07) is 4.15. The Kier molecular flexibility index (Phi) is 4.84. The van der Waals surface area contributed by atoms with Crippen LogP contribution in [0.3, 0.4) is 0 Å². The number of carbonyl (C=O) groups excluding carboxylic acids is 1. The number of aryl methyl sites for hydroxylation is 1. The van der Waals surface area contributed by atoms with Crippen LogP contribution >= 0.6 is 0 Å². The van der Waals surface area contributed by atoms with E-state index < -0.39 is 5.97 Å². The fourth-order valence-corrected chi connectivity index (χ4v) is 1.34. The van der Waals surface area contributed by atoms with Gasteiger partial charge in [-0.1, -0.05) is 0 Å². The van der Waals surface area contributed by atoms with Gasteiger partial charge in [-0.3, -0.25) is 0 Å². The van der Waals surface area contributed by atoms with Crippen molar-refractivity contribution in [2.24, 2.45) is 0 Å². The predicted molar refractivity (Wildman–Crippen MR) is 67.1 cm³/mol. The monoisotopic (exact) mass is 254 g/mol. The van der Waals surface area contributed by atoms with Crippen molar-refractivity contribution in [3.8, 4) is 0 Å². The summed E-state index contributed by atoms with van der Waals surface area (Å²) in [5.41, 5.74) is 0.527. The summed E-state index contributed by atoms with van der Waals surface area (Å²) in [7, 11) is 0. The summed E-state index contributed by atoms with van der Waals surface area (Å²) >= 11 is 0. The van der Waals surface area contributed by atoms with E-state index in [9.17, 15) is 9.18 Å². The molecule has 0 unspecified atom stereocenters. The molecule has 0 N–H and O–H groups in total. The number of rotatable bonds is 4. The van der Waals surface area contributed by atoms with Gasteiger partial charge in [0.25, 0.3) is 0 Å². The normalized spacial score (nSPS) is 11.4. The van der Waals surface area contributed by atoms with Gasteiger partial charge in [-0.15, -0.1) is 0 Å². The first kappa shape index (κ1) is 14.6. The smallest absolute Gasteiger partial charge is 0.338 e. The van der Waals surface area contributed by atoms with Gasteiger partial charge in [0.1, 0.15) is 12.4 Å². The van der Waals surface area contributed by atoms with Crippen LogP contribution in [0.4, 0.5) is 4.39 Å². The zero-order chi connectivity index (χ0) is 13.8. The van der Waals surface area contributed by atoms with Crippen LogP contribution in [0.1, 0.15) is 36.7 Å². The molecule has 0 amide bonds. The third-order valence-corrected chi connectivity index (χ3v) is 2.25. The van der Waals surface area contributed by atoms with Gasteiger partial charge >= 0.3 is 5.97 Å². The third-order valence-electron chi connectivity index (χ3n) is 2.25. The van der Waals surface area contributed by atoms with E-state index in [2.05, 4.69) is 0 Å². The minimum Gasteiger partial charge on any atom is -0.460 e. The van der Waals surface area contributed by atoms with Crippen molar-refractivity contribution in [1.29, 1.82) is 0 Å². The van der Waals surface area contributed by atoms with Crippen molar-refractivity contribution in [1.82, 2.24) is 0 Å². The standard InChI is InChI=1S/C14H19FO3/c1-10-9-11(5-6-12(10)15)13(16)17-7-8-18-14(2,3)4/h5-6,9H,7-8H2,1-4H3. The molecule has 0 radical (unpaired) electrons. The molecule has 0 spiro atoms. The maximum Gasteiger partial charge on any atom is 0.338 e. The number of ether oxygens (including phenoxy) is 2. The topological polar surface area (TPSA) is 35.5 Å². The fourth-order valence-electron chi connectivity index (χ4n) is 1.34. The summed E-state index contributed by atoms with van der Waals surface area (Å²) in [6.45, 7) is 7.92. The van der Waals surface area contributed by atoms with Gasteiger partial charge in [0, 0.05) is 0 Å². The van der Waals surface area contributed by atoms with E-state index in [-0.39, 0.29) is 18.0 Å². The second-order valence-corrected chi connectivity index (χ2v) is 5.06. The molecule has 0 aliphatic heterocycles. The van der Waals surface area contributed by atoms with Crippen LogP contribution in [0, 0.1) is 12.7 Å². The summed E-state index contributed by atoms with van der Waals surface area (Å²) in [5, 5.41) is 0. The van der Waals surface area contributed by atoms with Crippen molar-refractivity contribution in [3.05, 3.63) is 35.1 Å². The zero-order valence-electron chi connectivity index (χ0n) is 11.2. The quantitative estimate of drug-likeness (QED) is 0.611. The number of benzene rings is 1. The van der Waals surface area contributed by atoms with Crippen molar-refractivity contribution in [2.45, 2.75) is 33.3 Å². The molecule has 0 saturated carbocycles. The van der Waals surface area contributed by atoms with Gasteiger partial charge in [-0.25, -0.2) is 9.18 Å². The van der Waals surface area contributed by atoms with Crippen LogP contribution in [0.15, 0.2) is 18.2 Å². The summed E-state index contributed by atoms with van der Waals surface area (Å²) in [6.07, 6.45) is 0. The Morgan fingerprint density at radius 1 is 1.28 bits per heavy atom. The highest BCUT2D eigenvalue weighted by Crippen LogP contribution is 2.10. The van der Waals surface area contributed by atoms with Crippen LogP contribution < -0.4 is 0 Å². The number of carbonyl (C=O) groups is 1. The van der Waals surface area contributed by atoms with Crippen molar-refractivity contribution < 1.29 is 18.7 Å². The Hall–Kier alpha value is -1.42. The van der Waals surface area contributed by atoms with Crippen molar-refractivity contribution >= 4 is 5.97 Å². The highest BCUT2D eigenvalue weighted by molar-refractivity contribution is 5.89. The van der Waals surface area contributed by atoms with Crippen LogP contribution in [-0.2, 0) is 9.47 Å². The molecule has 1 aromatic carbocycles. The molecule has 0 bridgehead atoms. The third kappa shape index (κ3) is 4.84. The Morgan fingerprint density at radius 3 is 2.50 bits per heavy atom. The molecule has 4 heteroatoms. The average Bonchev–Trinajstić information content (AvgIpc) is 2.26. The van der Waals surface area contributed by atoms with E-state index in [1.54, 1.807) is 6.92 Å². The lowest BCUT2D eigenvalue weighted by atomic mass is 10.1. The van der Waals surface area contributed by atoms with Crippen LogP contribution in [0.25, 0.3) is 0 Å². The Labute approximate surface area is 107 Å². The first-order chi connectivity index (χ1) is 8.29. The molecular weight excluding hydrogens is 235 g/mol. The molecule has 0 aliphatic carbocycles. The van der Waals surface area contributed by atoms with E-state index >= 15 is 0 Å². The molecule has 0 heterocycles. The molecule has 0 aliphatic rings. The fraction of sp³-hybridized carbons (Fsp3) is 0.500. The predicted octanol–water partition coefficient (Wildman–Crippen LogP) is 3.11. The lowest BCUT2D eigenvalue weighted by molar-refractivity contribution is -0.0281. The van der Waals surface area contributed by atoms with Crippen LogP contribution in [0.5, 0.6) is 0 Å². The van der Waals surface area contributed by atoms with E-state index in [4.69, 9.17) is 9.47 Å². The maximum atomic E-state index is 13.0. The lowest BCUT2D eigenvalue weighted by Gasteiger charge is -2.19. The molecule has 1 rings (SSSR count). The average molecular weight is 254 g/mol. The first-order valence-electron chi connectivity index (χ1n) is 5.87. The van der Waals surface area contributed by atoms with Crippen LogP contribution in [0.2, 0.25) is 0 Å². The Bertz CT molecular complexity index is 422. The lowest BCUT2D eigenvalue weighted by Crippen LogP contribution is -2.22. The van der Waals surface area contributed by atoms with E-state index in [0.717, 1.165) is 0 Å². The van der Waals surface area contributed by atoms with Gasteiger partial charge < -0.3 is 9.47 Å². The molecule has 3 nitrogen and oxygen atoms in total. The van der Waals surface area contributed by atoms with E-state index in [1.165, 1.54) is 18.2 Å². The van der Waals surface area contributed by atoms with Gasteiger partial charge in [0.05, 0.1) is 17.8 Å². The number of hydrogen-bond acceptors (Lipinski definition) is 3. The first-order valence-corrected chi connectivity index (χ1v) is 5.87. The highest BCUT2D eigenvalue weighted by Gasteiger charge is 2.12. The molecule has 0 atom stereocenters. The van der Waals surface area contributed by atoms with E-state index in [1.807, 2.05) is 20.8 Å². The van der Waals surface area contributed by atoms with E-state index in [0.29, 0.717) is 17.7 Å². The van der Waals surface area contributed by atoms with Gasteiger partial charge in [0.15, 0.2) is 0 Å². The largest absolute Gasteiger partial charge is 0.460 e. The van der Waals surface area contributed by atoms with Crippen molar-refractivity contribution in [3.63, 3.8) is 0 Å². The van der Waals surface area contributed by atoms with Gasteiger partial charge in [0.2, 0.25) is 0 Å². The summed E-state index contributed by atoms with van der Waals surface area (Å²) in [4.78, 5) is 11.6. The minimum atomic E-state index is -0.462. The molecule has 100 valence electrons. The van der Waals surface area contributed by atoms with Crippen molar-refractivity contribution in [2.75, 3.05) is 13.2 Å². The van der Waals surface area contributed by atoms with Gasteiger partial charge in [-0.2, -0.15) is 0 Å². The second kappa shape index (κ2) is 5.96.